The van der Waals surface area contributed by atoms with Gasteiger partial charge in [-0.2, -0.15) is 0 Å². The highest BCUT2D eigenvalue weighted by Crippen LogP contribution is 2.24. The van der Waals surface area contributed by atoms with Crippen molar-refractivity contribution in [1.29, 1.82) is 0 Å². The zero-order chi connectivity index (χ0) is 15.7. The van der Waals surface area contributed by atoms with Gasteiger partial charge in [0.2, 0.25) is 0 Å². The van der Waals surface area contributed by atoms with E-state index in [9.17, 15) is 0 Å². The third-order valence-electron chi connectivity index (χ3n) is 3.13. The number of anilines is 1. The van der Waals surface area contributed by atoms with Gasteiger partial charge >= 0.3 is 0 Å². The van der Waals surface area contributed by atoms with E-state index >= 15 is 0 Å². The van der Waals surface area contributed by atoms with Crippen LogP contribution in [-0.2, 0) is 16.0 Å². The van der Waals surface area contributed by atoms with E-state index in [1.165, 1.54) is 11.3 Å². The Bertz CT molecular complexity index is 413. The lowest BCUT2D eigenvalue weighted by Gasteiger charge is -2.23. The molecule has 0 aliphatic rings. The molecule has 1 rings (SSSR count). The first kappa shape index (κ1) is 18.4. The second kappa shape index (κ2) is 10.2. The Morgan fingerprint density at radius 2 is 2.05 bits per heavy atom. The van der Waals surface area contributed by atoms with Crippen molar-refractivity contribution in [3.8, 4) is 0 Å². The normalized spacial score (nSPS) is 11.1. The minimum Gasteiger partial charge on any atom is -0.383 e. The van der Waals surface area contributed by atoms with Crippen molar-refractivity contribution >= 4 is 21.6 Å². The van der Waals surface area contributed by atoms with Crippen LogP contribution in [0.15, 0.2) is 22.7 Å². The molecule has 4 nitrogen and oxygen atoms in total. The Labute approximate surface area is 136 Å². The van der Waals surface area contributed by atoms with Gasteiger partial charge in [-0.3, -0.25) is 0 Å². The molecule has 0 unspecified atom stereocenters. The van der Waals surface area contributed by atoms with Gasteiger partial charge in [0.1, 0.15) is 0 Å². The molecule has 120 valence electrons. The average molecular weight is 359 g/mol. The highest BCUT2D eigenvalue weighted by Gasteiger charge is 2.08. The first-order chi connectivity index (χ1) is 10.0. The van der Waals surface area contributed by atoms with Crippen LogP contribution in [0.2, 0.25) is 0 Å². The highest BCUT2D eigenvalue weighted by atomic mass is 79.9. The van der Waals surface area contributed by atoms with Crippen LogP contribution in [0.1, 0.15) is 19.4 Å². The Kier molecular flexibility index (Phi) is 8.92. The number of halogens is 1. The van der Waals surface area contributed by atoms with E-state index in [0.29, 0.717) is 0 Å². The number of ether oxygens (including phenoxy) is 2. The van der Waals surface area contributed by atoms with E-state index in [2.05, 4.69) is 65.2 Å². The van der Waals surface area contributed by atoms with Crippen LogP contribution in [0.25, 0.3) is 0 Å². The molecule has 0 atom stereocenters. The fourth-order valence-electron chi connectivity index (χ4n) is 1.98. The van der Waals surface area contributed by atoms with Crippen molar-refractivity contribution < 1.29 is 9.47 Å². The first-order valence-corrected chi connectivity index (χ1v) is 8.14. The lowest BCUT2D eigenvalue weighted by molar-refractivity contribution is 0.0846. The SMILES string of the molecule is COCCNCc1ccc(Br)cc1N(C)CCOC(C)C. The second-order valence-corrected chi connectivity index (χ2v) is 6.20. The Morgan fingerprint density at radius 3 is 2.71 bits per heavy atom. The van der Waals surface area contributed by atoms with Crippen molar-refractivity contribution in [3.63, 3.8) is 0 Å². The smallest absolute Gasteiger partial charge is 0.0644 e. The molecule has 21 heavy (non-hydrogen) atoms. The predicted octanol–water partition coefficient (Wildman–Crippen LogP) is 3.05. The number of methoxy groups -OCH3 is 1. The molecule has 1 aromatic rings. The lowest BCUT2D eigenvalue weighted by atomic mass is 10.1. The summed E-state index contributed by atoms with van der Waals surface area (Å²) >= 11 is 3.55. The van der Waals surface area contributed by atoms with Crippen LogP contribution in [-0.4, -0.2) is 46.6 Å². The fourth-order valence-corrected chi connectivity index (χ4v) is 2.33. The number of nitrogens with zero attached hydrogens (tertiary/aromatic N) is 1. The van der Waals surface area contributed by atoms with Gasteiger partial charge in [-0.1, -0.05) is 22.0 Å². The number of likely N-dealkylation sites (N-methyl/N-ethyl adjacent to an activating group) is 1. The number of benzene rings is 1. The summed E-state index contributed by atoms with van der Waals surface area (Å²) in [5, 5.41) is 3.39. The van der Waals surface area contributed by atoms with Gasteiger partial charge < -0.3 is 19.7 Å². The third-order valence-corrected chi connectivity index (χ3v) is 3.63. The molecular weight excluding hydrogens is 332 g/mol. The minimum absolute atomic E-state index is 0.274. The third kappa shape index (κ3) is 7.27. The van der Waals surface area contributed by atoms with Gasteiger partial charge in [-0.15, -0.1) is 0 Å². The topological polar surface area (TPSA) is 33.7 Å². The Balaban J connectivity index is 2.62. The van der Waals surface area contributed by atoms with Crippen LogP contribution in [0.3, 0.4) is 0 Å². The van der Waals surface area contributed by atoms with Gasteiger partial charge in [0.15, 0.2) is 0 Å². The summed E-state index contributed by atoms with van der Waals surface area (Å²) in [7, 11) is 3.82. The van der Waals surface area contributed by atoms with Gasteiger partial charge in [0, 0.05) is 44.0 Å². The van der Waals surface area contributed by atoms with E-state index in [0.717, 1.165) is 37.3 Å². The summed E-state index contributed by atoms with van der Waals surface area (Å²) in [6.45, 7) is 8.14. The molecule has 1 aromatic carbocycles. The molecule has 0 radical (unpaired) electrons. The zero-order valence-corrected chi connectivity index (χ0v) is 15.1. The molecule has 0 fully saturated rings. The van der Waals surface area contributed by atoms with Crippen molar-refractivity contribution in [2.45, 2.75) is 26.5 Å². The molecule has 0 amide bonds. The maximum absolute atomic E-state index is 5.63. The average Bonchev–Trinajstić information content (AvgIpc) is 2.44. The maximum Gasteiger partial charge on any atom is 0.0644 e. The van der Waals surface area contributed by atoms with Crippen molar-refractivity contribution in [2.75, 3.05) is 45.4 Å². The zero-order valence-electron chi connectivity index (χ0n) is 13.5. The molecule has 0 heterocycles. The molecule has 0 bridgehead atoms. The van der Waals surface area contributed by atoms with Crippen molar-refractivity contribution in [1.82, 2.24) is 5.32 Å². The number of rotatable bonds is 10. The van der Waals surface area contributed by atoms with Crippen LogP contribution in [0, 0.1) is 0 Å². The van der Waals surface area contributed by atoms with Gasteiger partial charge in [0.05, 0.1) is 19.3 Å². The first-order valence-electron chi connectivity index (χ1n) is 7.35. The van der Waals surface area contributed by atoms with Gasteiger partial charge in [-0.25, -0.2) is 0 Å². The summed E-state index contributed by atoms with van der Waals surface area (Å²) < 4.78 is 11.8. The summed E-state index contributed by atoms with van der Waals surface area (Å²) in [4.78, 5) is 2.24. The standard InChI is InChI=1S/C16H27BrN2O2/c1-13(2)21-10-8-19(3)16-11-15(17)6-5-14(16)12-18-7-9-20-4/h5-6,11,13,18H,7-10,12H2,1-4H3. The number of nitrogens with one attached hydrogen (secondary N) is 1. The van der Waals surface area contributed by atoms with E-state index in [4.69, 9.17) is 9.47 Å². The Morgan fingerprint density at radius 1 is 1.29 bits per heavy atom. The predicted molar refractivity (Wildman–Crippen MR) is 92.1 cm³/mol. The molecule has 1 N–H and O–H groups in total. The fraction of sp³-hybridized carbons (Fsp3) is 0.625. The number of hydrogen-bond acceptors (Lipinski definition) is 4. The summed E-state index contributed by atoms with van der Waals surface area (Å²) in [5.74, 6) is 0. The summed E-state index contributed by atoms with van der Waals surface area (Å²) in [6, 6.07) is 6.39. The molecule has 0 saturated heterocycles. The van der Waals surface area contributed by atoms with Crippen LogP contribution in [0.4, 0.5) is 5.69 Å². The largest absolute Gasteiger partial charge is 0.383 e. The summed E-state index contributed by atoms with van der Waals surface area (Å²) in [6.07, 6.45) is 0.274. The Hall–Kier alpha value is -0.620. The van der Waals surface area contributed by atoms with Gasteiger partial charge in [-0.05, 0) is 31.5 Å². The monoisotopic (exact) mass is 358 g/mol. The molecular formula is C16H27BrN2O2. The van der Waals surface area contributed by atoms with Crippen molar-refractivity contribution in [3.05, 3.63) is 28.2 Å². The van der Waals surface area contributed by atoms with E-state index < -0.39 is 0 Å². The van der Waals surface area contributed by atoms with E-state index in [-0.39, 0.29) is 6.10 Å². The molecule has 0 aliphatic carbocycles. The van der Waals surface area contributed by atoms with Crippen LogP contribution in [0.5, 0.6) is 0 Å². The maximum atomic E-state index is 5.63. The van der Waals surface area contributed by atoms with Crippen LogP contribution >= 0.6 is 15.9 Å². The van der Waals surface area contributed by atoms with Gasteiger partial charge in [0.25, 0.3) is 0 Å². The minimum atomic E-state index is 0.274. The quantitative estimate of drug-likeness (QED) is 0.651. The van der Waals surface area contributed by atoms with Crippen molar-refractivity contribution in [2.24, 2.45) is 0 Å². The molecule has 0 aliphatic heterocycles. The van der Waals surface area contributed by atoms with E-state index in [1.807, 2.05) is 0 Å². The lowest BCUT2D eigenvalue weighted by Crippen LogP contribution is -2.26. The van der Waals surface area contributed by atoms with Crippen LogP contribution < -0.4 is 10.2 Å². The molecule has 0 aromatic heterocycles. The highest BCUT2D eigenvalue weighted by molar-refractivity contribution is 9.10. The second-order valence-electron chi connectivity index (χ2n) is 5.28. The number of hydrogen-bond donors (Lipinski definition) is 1. The summed E-state index contributed by atoms with van der Waals surface area (Å²) in [5.41, 5.74) is 2.50. The molecule has 0 spiro atoms. The van der Waals surface area contributed by atoms with E-state index in [1.54, 1.807) is 7.11 Å². The molecule has 5 heteroatoms. The molecule has 0 saturated carbocycles.